The third kappa shape index (κ3) is 4.87. The van der Waals surface area contributed by atoms with Gasteiger partial charge in [-0.3, -0.25) is 0 Å². The average Bonchev–Trinajstić information content (AvgIpc) is 2.47. The predicted octanol–water partition coefficient (Wildman–Crippen LogP) is 1.49. The summed E-state index contributed by atoms with van der Waals surface area (Å²) in [5.41, 5.74) is 17.7. The molecule has 0 unspecified atom stereocenters. The fourth-order valence-corrected chi connectivity index (χ4v) is 1.65. The molecule has 0 aromatic heterocycles. The van der Waals surface area contributed by atoms with Gasteiger partial charge >= 0.3 is 0 Å². The molecule has 2 aromatic carbocycles. The standard InChI is InChI=1S/C15H17N5O/c16-14(17)20-15(18)19-12-6-8-13(9-7-12)21-10-11-4-2-1-3-5-11/h1-9H,10H2,(H6,16,17,18,19,20). The summed E-state index contributed by atoms with van der Waals surface area (Å²) in [5.74, 6) is 0.630. The van der Waals surface area contributed by atoms with Crippen LogP contribution in [0.4, 0.5) is 5.69 Å². The number of aliphatic imine (C=N–C) groups is 2. The van der Waals surface area contributed by atoms with E-state index in [0.717, 1.165) is 11.3 Å². The minimum absolute atomic E-state index is 0.00736. The van der Waals surface area contributed by atoms with Gasteiger partial charge < -0.3 is 21.9 Å². The zero-order chi connectivity index (χ0) is 15.1. The van der Waals surface area contributed by atoms with E-state index in [-0.39, 0.29) is 11.9 Å². The Morgan fingerprint density at radius 3 is 2.19 bits per heavy atom. The van der Waals surface area contributed by atoms with Gasteiger partial charge in [0.1, 0.15) is 12.4 Å². The average molecular weight is 283 g/mol. The van der Waals surface area contributed by atoms with Gasteiger partial charge in [0.05, 0.1) is 5.69 Å². The van der Waals surface area contributed by atoms with Gasteiger partial charge in [0, 0.05) is 0 Å². The zero-order valence-electron chi connectivity index (χ0n) is 11.4. The number of nitrogens with two attached hydrogens (primary N) is 3. The molecule has 0 aliphatic rings. The Labute approximate surface area is 123 Å². The normalized spacial score (nSPS) is 11.0. The minimum atomic E-state index is -0.126. The van der Waals surface area contributed by atoms with E-state index >= 15 is 0 Å². The van der Waals surface area contributed by atoms with Crippen LogP contribution in [-0.2, 0) is 6.61 Å². The molecule has 6 nitrogen and oxygen atoms in total. The summed E-state index contributed by atoms with van der Waals surface area (Å²) in [7, 11) is 0. The Morgan fingerprint density at radius 2 is 1.57 bits per heavy atom. The molecule has 0 bridgehead atoms. The molecular weight excluding hydrogens is 266 g/mol. The summed E-state index contributed by atoms with van der Waals surface area (Å²) in [4.78, 5) is 7.69. The van der Waals surface area contributed by atoms with E-state index in [1.165, 1.54) is 0 Å². The van der Waals surface area contributed by atoms with Crippen molar-refractivity contribution in [3.8, 4) is 5.75 Å². The van der Waals surface area contributed by atoms with E-state index in [4.69, 9.17) is 21.9 Å². The van der Waals surface area contributed by atoms with Crippen LogP contribution in [0.1, 0.15) is 5.56 Å². The van der Waals surface area contributed by atoms with Gasteiger partial charge in [0.25, 0.3) is 0 Å². The van der Waals surface area contributed by atoms with Gasteiger partial charge in [-0.1, -0.05) is 30.3 Å². The summed E-state index contributed by atoms with van der Waals surface area (Å²) >= 11 is 0. The van der Waals surface area contributed by atoms with E-state index in [1.807, 2.05) is 42.5 Å². The van der Waals surface area contributed by atoms with Gasteiger partial charge in [0.2, 0.25) is 5.96 Å². The van der Waals surface area contributed by atoms with Crippen molar-refractivity contribution in [2.75, 3.05) is 0 Å². The lowest BCUT2D eigenvalue weighted by Gasteiger charge is -2.06. The largest absolute Gasteiger partial charge is 0.489 e. The van der Waals surface area contributed by atoms with Gasteiger partial charge in [-0.15, -0.1) is 0 Å². The second-order valence-corrected chi connectivity index (χ2v) is 4.27. The summed E-state index contributed by atoms with van der Waals surface area (Å²) in [6, 6.07) is 17.1. The molecular formula is C15H17N5O. The van der Waals surface area contributed by atoms with E-state index in [1.54, 1.807) is 12.1 Å². The molecule has 21 heavy (non-hydrogen) atoms. The Morgan fingerprint density at radius 1 is 0.905 bits per heavy atom. The summed E-state index contributed by atoms with van der Waals surface area (Å²) in [6.07, 6.45) is 0. The van der Waals surface area contributed by atoms with Crippen LogP contribution >= 0.6 is 0 Å². The molecule has 0 atom stereocenters. The van der Waals surface area contributed by atoms with Crippen molar-refractivity contribution in [1.29, 1.82) is 0 Å². The van der Waals surface area contributed by atoms with Crippen molar-refractivity contribution in [3.05, 3.63) is 60.2 Å². The molecule has 0 radical (unpaired) electrons. The van der Waals surface area contributed by atoms with E-state index < -0.39 is 0 Å². The van der Waals surface area contributed by atoms with Gasteiger partial charge in [-0.25, -0.2) is 4.99 Å². The first-order valence-corrected chi connectivity index (χ1v) is 6.34. The van der Waals surface area contributed by atoms with Gasteiger partial charge in [0.15, 0.2) is 5.96 Å². The molecule has 0 fully saturated rings. The number of nitrogens with zero attached hydrogens (tertiary/aromatic N) is 2. The molecule has 6 N–H and O–H groups in total. The smallest absolute Gasteiger partial charge is 0.223 e. The molecule has 2 rings (SSSR count). The Bertz CT molecular complexity index is 631. The first kappa shape index (κ1) is 14.4. The van der Waals surface area contributed by atoms with Crippen molar-refractivity contribution in [2.24, 2.45) is 27.2 Å². The van der Waals surface area contributed by atoms with Crippen LogP contribution in [-0.4, -0.2) is 11.9 Å². The molecule has 0 heterocycles. The second kappa shape index (κ2) is 6.95. The second-order valence-electron chi connectivity index (χ2n) is 4.27. The summed E-state index contributed by atoms with van der Waals surface area (Å²) in [6.45, 7) is 0.513. The van der Waals surface area contributed by atoms with Crippen molar-refractivity contribution >= 4 is 17.6 Å². The molecule has 0 saturated heterocycles. The molecule has 0 saturated carbocycles. The highest BCUT2D eigenvalue weighted by Crippen LogP contribution is 2.19. The lowest BCUT2D eigenvalue weighted by molar-refractivity contribution is 0.306. The highest BCUT2D eigenvalue weighted by molar-refractivity contribution is 5.93. The van der Waals surface area contributed by atoms with Crippen molar-refractivity contribution in [3.63, 3.8) is 0 Å². The number of ether oxygens (including phenoxy) is 1. The highest BCUT2D eigenvalue weighted by Gasteiger charge is 1.97. The third-order valence-corrected chi connectivity index (χ3v) is 2.57. The van der Waals surface area contributed by atoms with Crippen LogP contribution < -0.4 is 21.9 Å². The maximum absolute atomic E-state index is 5.67. The maximum atomic E-state index is 5.67. The Balaban J connectivity index is 1.98. The third-order valence-electron chi connectivity index (χ3n) is 2.57. The first-order valence-electron chi connectivity index (χ1n) is 6.34. The van der Waals surface area contributed by atoms with Crippen molar-refractivity contribution in [1.82, 2.24) is 0 Å². The number of hydrogen-bond donors (Lipinski definition) is 3. The van der Waals surface area contributed by atoms with Crippen molar-refractivity contribution in [2.45, 2.75) is 6.61 Å². The predicted molar refractivity (Wildman–Crippen MR) is 84.3 cm³/mol. The number of rotatable bonds is 4. The minimum Gasteiger partial charge on any atom is -0.489 e. The first-order chi connectivity index (χ1) is 10.1. The number of benzene rings is 2. The molecule has 2 aromatic rings. The number of guanidine groups is 2. The lowest BCUT2D eigenvalue weighted by atomic mass is 10.2. The zero-order valence-corrected chi connectivity index (χ0v) is 11.4. The fraction of sp³-hybridized carbons (Fsp3) is 0.0667. The summed E-state index contributed by atoms with van der Waals surface area (Å²) in [5, 5.41) is 0. The SMILES string of the molecule is NC(N)=NC(N)=Nc1ccc(OCc2ccccc2)cc1. The Kier molecular flexibility index (Phi) is 4.76. The van der Waals surface area contributed by atoms with Gasteiger partial charge in [-0.05, 0) is 29.8 Å². The molecule has 0 aliphatic carbocycles. The van der Waals surface area contributed by atoms with E-state index in [9.17, 15) is 0 Å². The number of hydrogen-bond acceptors (Lipinski definition) is 2. The van der Waals surface area contributed by atoms with Crippen LogP contribution in [0.5, 0.6) is 5.75 Å². The molecule has 0 spiro atoms. The van der Waals surface area contributed by atoms with Crippen LogP contribution in [0.15, 0.2) is 64.6 Å². The molecule has 0 aliphatic heterocycles. The quantitative estimate of drug-likeness (QED) is 0.582. The van der Waals surface area contributed by atoms with Crippen LogP contribution in [0, 0.1) is 0 Å². The Hall–Kier alpha value is -3.02. The highest BCUT2D eigenvalue weighted by atomic mass is 16.5. The fourth-order valence-electron chi connectivity index (χ4n) is 1.65. The van der Waals surface area contributed by atoms with Crippen LogP contribution in [0.25, 0.3) is 0 Å². The molecule has 6 heteroatoms. The maximum Gasteiger partial charge on any atom is 0.223 e. The molecule has 108 valence electrons. The molecule has 0 amide bonds. The monoisotopic (exact) mass is 283 g/mol. The van der Waals surface area contributed by atoms with Crippen LogP contribution in [0.3, 0.4) is 0 Å². The van der Waals surface area contributed by atoms with Gasteiger partial charge in [-0.2, -0.15) is 4.99 Å². The van der Waals surface area contributed by atoms with Crippen LogP contribution in [0.2, 0.25) is 0 Å². The van der Waals surface area contributed by atoms with E-state index in [0.29, 0.717) is 12.3 Å². The lowest BCUT2D eigenvalue weighted by Crippen LogP contribution is -2.26. The summed E-state index contributed by atoms with van der Waals surface area (Å²) < 4.78 is 5.67. The van der Waals surface area contributed by atoms with Crippen molar-refractivity contribution < 1.29 is 4.74 Å². The van der Waals surface area contributed by atoms with E-state index in [2.05, 4.69) is 9.98 Å². The topological polar surface area (TPSA) is 112 Å².